The summed E-state index contributed by atoms with van der Waals surface area (Å²) in [5.41, 5.74) is 0. The zero-order valence-electron chi connectivity index (χ0n) is 9.77. The predicted molar refractivity (Wildman–Crippen MR) is 73.0 cm³/mol. The number of ether oxygens (including phenoxy) is 1. The monoisotopic (exact) mass is 365 g/mol. The molecule has 7 heteroatoms. The molecule has 3 N–H and O–H groups in total. The molecule has 0 saturated carbocycles. The summed E-state index contributed by atoms with van der Waals surface area (Å²) in [6.45, 7) is 3.30. The van der Waals surface area contributed by atoms with Crippen LogP contribution in [0.4, 0.5) is 0 Å². The van der Waals surface area contributed by atoms with E-state index in [9.17, 15) is 0 Å². The van der Waals surface area contributed by atoms with Crippen molar-refractivity contribution in [2.24, 2.45) is 0 Å². The fourth-order valence-corrected chi connectivity index (χ4v) is 1.79. The Balaban J connectivity index is 0.000000385. The van der Waals surface area contributed by atoms with E-state index in [1.165, 1.54) is 23.1 Å². The third-order valence-corrected chi connectivity index (χ3v) is 2.72. The lowest BCUT2D eigenvalue weighted by Gasteiger charge is -2.11. The molecule has 2 atom stereocenters. The van der Waals surface area contributed by atoms with Crippen molar-refractivity contribution in [3.05, 3.63) is 0 Å². The number of hydrogen-bond acceptors (Lipinski definition) is 6. The molecular formula is C9H20INO4S. The van der Waals surface area contributed by atoms with Crippen LogP contribution in [0, 0.1) is 0 Å². The summed E-state index contributed by atoms with van der Waals surface area (Å²) in [5, 5.41) is 19.2. The van der Waals surface area contributed by atoms with Crippen LogP contribution in [0.2, 0.25) is 0 Å². The molecule has 1 aliphatic rings. The first kappa shape index (κ1) is 16.9. The molecule has 0 bridgehead atoms. The van der Waals surface area contributed by atoms with Gasteiger partial charge in [0.15, 0.2) is 5.79 Å². The Labute approximate surface area is 113 Å². The minimum absolute atomic E-state index is 0.239. The van der Waals surface area contributed by atoms with Crippen molar-refractivity contribution in [2.75, 3.05) is 13.7 Å². The van der Waals surface area contributed by atoms with Gasteiger partial charge in [-0.15, -0.1) is 0 Å². The maximum absolute atomic E-state index is 8.08. The van der Waals surface area contributed by atoms with Gasteiger partial charge in [-0.3, -0.25) is 5.32 Å². The third kappa shape index (κ3) is 11.4. The highest BCUT2D eigenvalue weighted by Gasteiger charge is 2.23. The summed E-state index contributed by atoms with van der Waals surface area (Å²) in [5.74, 6) is -1.50. The molecule has 1 aliphatic heterocycles. The Hall–Kier alpha value is 0.880. The molecule has 98 valence electrons. The first-order chi connectivity index (χ1) is 7.36. The van der Waals surface area contributed by atoms with E-state index >= 15 is 0 Å². The summed E-state index contributed by atoms with van der Waals surface area (Å²) >= 11 is 2.11. The van der Waals surface area contributed by atoms with Crippen LogP contribution in [0.15, 0.2) is 0 Å². The number of aliphatic hydroxyl groups is 2. The van der Waals surface area contributed by atoms with Crippen molar-refractivity contribution in [3.8, 4) is 0 Å². The third-order valence-electron chi connectivity index (χ3n) is 1.73. The molecule has 5 nitrogen and oxygen atoms in total. The second-order valence-corrected chi connectivity index (χ2v) is 5.40. The average molecular weight is 365 g/mol. The standard InChI is InChI=1S/C6H12INO2S.C3H8O2/c1-8-6-3-2-5(10-6)4-9-11-7;1-3(2,4)5/h5-6,8H,2-4H2,1H3;4-5H,1-2H3. The first-order valence-corrected chi connectivity index (χ1v) is 8.33. The lowest BCUT2D eigenvalue weighted by molar-refractivity contribution is -0.127. The molecule has 2 unspecified atom stereocenters. The topological polar surface area (TPSA) is 71.0 Å². The second-order valence-electron chi connectivity index (χ2n) is 3.95. The lowest BCUT2D eigenvalue weighted by Crippen LogP contribution is -2.25. The van der Waals surface area contributed by atoms with E-state index < -0.39 is 5.79 Å². The molecule has 0 aliphatic carbocycles. The molecule has 1 saturated heterocycles. The van der Waals surface area contributed by atoms with Crippen LogP contribution >= 0.6 is 30.4 Å². The second kappa shape index (κ2) is 8.90. The molecule has 0 aromatic carbocycles. The summed E-state index contributed by atoms with van der Waals surface area (Å²) in [4.78, 5) is 0. The smallest absolute Gasteiger partial charge is 0.156 e. The number of hydrogen-bond donors (Lipinski definition) is 3. The van der Waals surface area contributed by atoms with E-state index in [2.05, 4.69) is 26.5 Å². The number of rotatable bonds is 4. The SMILES string of the molecule is CC(C)(O)O.CNC1CCC(COSI)O1. The van der Waals surface area contributed by atoms with Crippen molar-refractivity contribution in [3.63, 3.8) is 0 Å². The summed E-state index contributed by atoms with van der Waals surface area (Å²) in [7, 11) is 3.28. The normalized spacial score (nSPS) is 25.1. The van der Waals surface area contributed by atoms with E-state index in [0.717, 1.165) is 12.8 Å². The van der Waals surface area contributed by atoms with Crippen LogP contribution in [0.25, 0.3) is 0 Å². The van der Waals surface area contributed by atoms with Crippen molar-refractivity contribution in [1.29, 1.82) is 0 Å². The van der Waals surface area contributed by atoms with Gasteiger partial charge in [-0.2, -0.15) is 0 Å². The fourth-order valence-electron chi connectivity index (χ4n) is 1.14. The highest BCUT2D eigenvalue weighted by Crippen LogP contribution is 2.21. The number of halogens is 1. The molecule has 0 aromatic rings. The molecule has 1 rings (SSSR count). The Kier molecular flexibility index (Phi) is 9.39. The minimum atomic E-state index is -1.50. The van der Waals surface area contributed by atoms with Gasteiger partial charge in [0.1, 0.15) is 6.23 Å². The summed E-state index contributed by atoms with van der Waals surface area (Å²) < 4.78 is 10.7. The van der Waals surface area contributed by atoms with Crippen LogP contribution in [-0.4, -0.2) is 42.0 Å². The largest absolute Gasteiger partial charge is 0.366 e. The maximum Gasteiger partial charge on any atom is 0.156 e. The van der Waals surface area contributed by atoms with Gasteiger partial charge in [-0.25, -0.2) is 0 Å². The Morgan fingerprint density at radius 3 is 2.44 bits per heavy atom. The zero-order valence-corrected chi connectivity index (χ0v) is 12.7. The van der Waals surface area contributed by atoms with Gasteiger partial charge < -0.3 is 19.1 Å². The minimum Gasteiger partial charge on any atom is -0.366 e. The van der Waals surface area contributed by atoms with E-state index in [1.807, 2.05) is 7.05 Å². The predicted octanol–water partition coefficient (Wildman–Crippen LogP) is 1.43. The van der Waals surface area contributed by atoms with Crippen molar-refractivity contribution in [1.82, 2.24) is 5.32 Å². The van der Waals surface area contributed by atoms with E-state index in [1.54, 1.807) is 0 Å². The maximum atomic E-state index is 8.08. The van der Waals surface area contributed by atoms with Gasteiger partial charge in [-0.05, 0) is 33.7 Å². The highest BCUT2D eigenvalue weighted by atomic mass is 127. The number of nitrogens with one attached hydrogen (secondary N) is 1. The molecule has 1 heterocycles. The van der Waals surface area contributed by atoms with Gasteiger partial charge in [0.05, 0.1) is 21.9 Å². The van der Waals surface area contributed by atoms with Crippen LogP contribution < -0.4 is 5.32 Å². The van der Waals surface area contributed by atoms with Crippen molar-refractivity contribution in [2.45, 2.75) is 44.8 Å². The van der Waals surface area contributed by atoms with Crippen molar-refractivity contribution >= 4 is 30.4 Å². The molecule has 16 heavy (non-hydrogen) atoms. The quantitative estimate of drug-likeness (QED) is 0.398. The Bertz CT molecular complexity index is 173. The Morgan fingerprint density at radius 1 is 1.50 bits per heavy atom. The van der Waals surface area contributed by atoms with Crippen molar-refractivity contribution < 1.29 is 19.1 Å². The summed E-state index contributed by atoms with van der Waals surface area (Å²) in [6, 6.07) is 0. The molecule has 1 fully saturated rings. The average Bonchev–Trinajstić information content (AvgIpc) is 2.59. The van der Waals surface area contributed by atoms with E-state index in [-0.39, 0.29) is 12.3 Å². The Morgan fingerprint density at radius 2 is 2.06 bits per heavy atom. The van der Waals surface area contributed by atoms with E-state index in [0.29, 0.717) is 6.61 Å². The highest BCUT2D eigenvalue weighted by molar-refractivity contribution is 14.2. The van der Waals surface area contributed by atoms with Crippen LogP contribution in [-0.2, 0) is 8.92 Å². The van der Waals surface area contributed by atoms with Gasteiger partial charge in [0, 0.05) is 21.2 Å². The first-order valence-electron chi connectivity index (χ1n) is 5.04. The molecule has 0 amide bonds. The zero-order chi connectivity index (χ0) is 12.6. The van der Waals surface area contributed by atoms with Gasteiger partial charge in [-0.1, -0.05) is 0 Å². The molecule has 0 radical (unpaired) electrons. The van der Waals surface area contributed by atoms with Gasteiger partial charge in [0.2, 0.25) is 0 Å². The van der Waals surface area contributed by atoms with Crippen LogP contribution in [0.3, 0.4) is 0 Å². The summed E-state index contributed by atoms with van der Waals surface area (Å²) in [6.07, 6.45) is 2.72. The molecule has 0 aromatic heterocycles. The van der Waals surface area contributed by atoms with Gasteiger partial charge >= 0.3 is 0 Å². The van der Waals surface area contributed by atoms with Crippen LogP contribution in [0.1, 0.15) is 26.7 Å². The molecular weight excluding hydrogens is 345 g/mol. The van der Waals surface area contributed by atoms with Crippen LogP contribution in [0.5, 0.6) is 0 Å². The van der Waals surface area contributed by atoms with Gasteiger partial charge in [0.25, 0.3) is 0 Å². The lowest BCUT2D eigenvalue weighted by atomic mass is 10.2. The molecule has 0 spiro atoms. The van der Waals surface area contributed by atoms with E-state index in [4.69, 9.17) is 19.1 Å². The fraction of sp³-hybridized carbons (Fsp3) is 1.00.